The molecular weight excluding hydrogens is 476 g/mol. The van der Waals surface area contributed by atoms with E-state index in [0.717, 1.165) is 23.8 Å². The van der Waals surface area contributed by atoms with Gasteiger partial charge in [-0.25, -0.2) is 9.59 Å². The number of rotatable bonds is 6. The molecule has 2 aromatic rings. The van der Waals surface area contributed by atoms with E-state index in [1.807, 2.05) is 24.3 Å². The minimum atomic E-state index is -0.981. The van der Waals surface area contributed by atoms with Gasteiger partial charge in [-0.15, -0.1) is 0 Å². The number of urea groups is 1. The lowest BCUT2D eigenvalue weighted by Gasteiger charge is -2.35. The molecule has 0 bridgehead atoms. The van der Waals surface area contributed by atoms with Crippen molar-refractivity contribution in [3.05, 3.63) is 59.1 Å². The summed E-state index contributed by atoms with van der Waals surface area (Å²) in [6.45, 7) is 4.64. The molecule has 2 aromatic carbocycles. The molecule has 6 N–H and O–H groups in total. The number of piperazine rings is 1. The van der Waals surface area contributed by atoms with Gasteiger partial charge < -0.3 is 30.7 Å². The number of primary amides is 1. The fourth-order valence-electron chi connectivity index (χ4n) is 3.14. The number of alkyl carbamates (subject to hydrolysis) is 1. The highest BCUT2D eigenvalue weighted by Gasteiger charge is 2.19. The molecule has 0 aromatic heterocycles. The van der Waals surface area contributed by atoms with E-state index in [1.165, 1.54) is 0 Å². The van der Waals surface area contributed by atoms with Crippen LogP contribution in [0.2, 0.25) is 5.02 Å². The topological polar surface area (TPSA) is 161 Å². The van der Waals surface area contributed by atoms with E-state index in [0.29, 0.717) is 24.3 Å². The zero-order valence-corrected chi connectivity index (χ0v) is 20.0. The van der Waals surface area contributed by atoms with Crippen LogP contribution >= 0.6 is 11.6 Å². The molecule has 3 amide bonds. The predicted molar refractivity (Wildman–Crippen MR) is 134 cm³/mol. The Morgan fingerprint density at radius 3 is 2.34 bits per heavy atom. The van der Waals surface area contributed by atoms with Crippen LogP contribution in [0.15, 0.2) is 48.5 Å². The van der Waals surface area contributed by atoms with Gasteiger partial charge >= 0.3 is 18.1 Å². The number of hydrogen-bond acceptors (Lipinski definition) is 7. The average Bonchev–Trinajstić information content (AvgIpc) is 2.84. The maximum atomic E-state index is 11.2. The monoisotopic (exact) mass is 504 g/mol. The molecule has 3 rings (SSSR count). The summed E-state index contributed by atoms with van der Waals surface area (Å²) in [6.07, 6.45) is -0.698. The second-order valence-electron chi connectivity index (χ2n) is 7.34. The first-order chi connectivity index (χ1) is 16.7. The van der Waals surface area contributed by atoms with Gasteiger partial charge in [-0.2, -0.15) is 0 Å². The Labute approximate surface area is 208 Å². The van der Waals surface area contributed by atoms with E-state index in [9.17, 15) is 14.4 Å². The SMILES string of the molecule is CCOC(=O)NC(=N)c1cccc(NCC(=O)O)c1.NC(=O)N1CCN(c2ccc(Cl)cc2)CC1. The quantitative estimate of drug-likeness (QED) is 0.298. The minimum Gasteiger partial charge on any atom is -0.480 e. The Hall–Kier alpha value is -3.99. The van der Waals surface area contributed by atoms with E-state index in [2.05, 4.69) is 20.3 Å². The van der Waals surface area contributed by atoms with Gasteiger partial charge in [-0.3, -0.25) is 15.5 Å². The zero-order chi connectivity index (χ0) is 25.8. The van der Waals surface area contributed by atoms with Crippen LogP contribution in [-0.4, -0.2) is 73.3 Å². The summed E-state index contributed by atoms with van der Waals surface area (Å²) in [5.41, 5.74) is 7.35. The summed E-state index contributed by atoms with van der Waals surface area (Å²) in [4.78, 5) is 36.4. The molecular formula is C23H29ClN6O5. The smallest absolute Gasteiger partial charge is 0.412 e. The Morgan fingerprint density at radius 1 is 1.11 bits per heavy atom. The molecule has 1 fully saturated rings. The lowest BCUT2D eigenvalue weighted by Crippen LogP contribution is -2.50. The number of benzene rings is 2. The molecule has 1 saturated heterocycles. The summed E-state index contributed by atoms with van der Waals surface area (Å²) in [6, 6.07) is 13.9. The van der Waals surface area contributed by atoms with E-state index in [-0.39, 0.29) is 25.0 Å². The van der Waals surface area contributed by atoms with Gasteiger partial charge in [0.15, 0.2) is 0 Å². The van der Waals surface area contributed by atoms with Crippen LogP contribution in [0.1, 0.15) is 12.5 Å². The molecule has 1 aliphatic heterocycles. The van der Waals surface area contributed by atoms with Gasteiger partial charge in [0.05, 0.1) is 6.61 Å². The Kier molecular flexibility index (Phi) is 10.6. The Balaban J connectivity index is 0.000000250. The predicted octanol–water partition coefficient (Wildman–Crippen LogP) is 2.80. The van der Waals surface area contributed by atoms with Crippen molar-refractivity contribution in [1.82, 2.24) is 10.2 Å². The molecule has 12 heteroatoms. The molecule has 0 saturated carbocycles. The van der Waals surface area contributed by atoms with Crippen molar-refractivity contribution in [2.45, 2.75) is 6.92 Å². The first-order valence-corrected chi connectivity index (χ1v) is 11.2. The number of anilines is 2. The maximum absolute atomic E-state index is 11.2. The van der Waals surface area contributed by atoms with Gasteiger partial charge in [-0.1, -0.05) is 23.7 Å². The van der Waals surface area contributed by atoms with Crippen molar-refractivity contribution in [3.8, 4) is 0 Å². The van der Waals surface area contributed by atoms with Crippen molar-refractivity contribution >= 4 is 46.9 Å². The molecule has 0 unspecified atom stereocenters. The molecule has 0 spiro atoms. The van der Waals surface area contributed by atoms with Gasteiger partial charge in [0.1, 0.15) is 12.4 Å². The number of amides is 3. The number of ether oxygens (including phenoxy) is 1. The standard InChI is InChI=1S/C12H15N3O4.C11H14ClN3O/c1-2-19-12(18)15-11(13)8-4-3-5-9(6-8)14-7-10(16)17;12-9-1-3-10(4-2-9)14-5-7-15(8-6-14)11(13)16/h3-6,14H,2,7H2,1H3,(H,16,17)(H2,13,15,18);1-4H,5-8H2,(H2,13,16). The highest BCUT2D eigenvalue weighted by molar-refractivity contribution is 6.30. The van der Waals surface area contributed by atoms with E-state index >= 15 is 0 Å². The first-order valence-electron chi connectivity index (χ1n) is 10.8. The number of nitrogens with one attached hydrogen (secondary N) is 3. The van der Waals surface area contributed by atoms with Gasteiger partial charge in [0.25, 0.3) is 0 Å². The molecule has 11 nitrogen and oxygen atoms in total. The first kappa shape index (κ1) is 27.3. The molecule has 1 heterocycles. The van der Waals surface area contributed by atoms with Crippen molar-refractivity contribution in [3.63, 3.8) is 0 Å². The summed E-state index contributed by atoms with van der Waals surface area (Å²) in [7, 11) is 0. The van der Waals surface area contributed by atoms with E-state index in [1.54, 1.807) is 36.1 Å². The maximum Gasteiger partial charge on any atom is 0.412 e. The average molecular weight is 505 g/mol. The fourth-order valence-corrected chi connectivity index (χ4v) is 3.27. The lowest BCUT2D eigenvalue weighted by atomic mass is 10.2. The van der Waals surface area contributed by atoms with Crippen LogP contribution in [0.3, 0.4) is 0 Å². The fraction of sp³-hybridized carbons (Fsp3) is 0.304. The number of hydrogen-bond donors (Lipinski definition) is 5. The van der Waals surface area contributed by atoms with E-state index in [4.69, 9.17) is 27.9 Å². The van der Waals surface area contributed by atoms with Crippen LogP contribution in [0.4, 0.5) is 21.0 Å². The third-order valence-electron chi connectivity index (χ3n) is 4.88. The van der Waals surface area contributed by atoms with Crippen molar-refractivity contribution in [2.75, 3.05) is 49.5 Å². The van der Waals surface area contributed by atoms with Gasteiger partial charge in [0, 0.05) is 48.1 Å². The van der Waals surface area contributed by atoms with Crippen LogP contribution in [0, 0.1) is 5.41 Å². The second-order valence-corrected chi connectivity index (χ2v) is 7.77. The molecule has 35 heavy (non-hydrogen) atoms. The van der Waals surface area contributed by atoms with Crippen molar-refractivity contribution in [1.29, 1.82) is 5.41 Å². The number of nitrogens with zero attached hydrogens (tertiary/aromatic N) is 2. The third kappa shape index (κ3) is 9.41. The van der Waals surface area contributed by atoms with Crippen LogP contribution < -0.4 is 21.3 Å². The van der Waals surface area contributed by atoms with Crippen molar-refractivity contribution < 1.29 is 24.2 Å². The summed E-state index contributed by atoms with van der Waals surface area (Å²) in [5.74, 6) is -1.09. The summed E-state index contributed by atoms with van der Waals surface area (Å²) >= 11 is 5.83. The molecule has 0 radical (unpaired) electrons. The van der Waals surface area contributed by atoms with Crippen LogP contribution in [-0.2, 0) is 9.53 Å². The van der Waals surface area contributed by atoms with Crippen LogP contribution in [0.25, 0.3) is 0 Å². The number of halogens is 1. The number of amidine groups is 1. The number of nitrogens with two attached hydrogens (primary N) is 1. The highest BCUT2D eigenvalue weighted by atomic mass is 35.5. The van der Waals surface area contributed by atoms with Crippen molar-refractivity contribution in [2.24, 2.45) is 5.73 Å². The molecule has 188 valence electrons. The Bertz CT molecular complexity index is 1030. The van der Waals surface area contributed by atoms with Gasteiger partial charge in [0.2, 0.25) is 0 Å². The lowest BCUT2D eigenvalue weighted by molar-refractivity contribution is -0.134. The highest BCUT2D eigenvalue weighted by Crippen LogP contribution is 2.19. The molecule has 0 atom stereocenters. The molecule has 0 aliphatic carbocycles. The number of carboxylic acids is 1. The second kappa shape index (κ2) is 13.7. The molecule has 1 aliphatic rings. The van der Waals surface area contributed by atoms with Crippen LogP contribution in [0.5, 0.6) is 0 Å². The largest absolute Gasteiger partial charge is 0.480 e. The summed E-state index contributed by atoms with van der Waals surface area (Å²) < 4.78 is 4.66. The number of carbonyl (C=O) groups is 3. The normalized spacial score (nSPS) is 12.6. The zero-order valence-electron chi connectivity index (χ0n) is 19.3. The third-order valence-corrected chi connectivity index (χ3v) is 5.13. The number of aliphatic carboxylic acids is 1. The number of carbonyl (C=O) groups excluding carboxylic acids is 2. The minimum absolute atomic E-state index is 0.113. The summed E-state index contributed by atoms with van der Waals surface area (Å²) in [5, 5.41) is 21.9. The Morgan fingerprint density at radius 2 is 1.77 bits per heavy atom. The van der Waals surface area contributed by atoms with Gasteiger partial charge in [-0.05, 0) is 43.3 Å². The number of carboxylic acid groups (broad SMARTS) is 1. The van der Waals surface area contributed by atoms with E-state index < -0.39 is 12.1 Å².